The van der Waals surface area contributed by atoms with Crippen molar-refractivity contribution in [1.82, 2.24) is 15.2 Å². The Morgan fingerprint density at radius 2 is 1.92 bits per heavy atom. The maximum absolute atomic E-state index is 13.6. The number of carbonyl (C=O) groups is 2. The van der Waals surface area contributed by atoms with Gasteiger partial charge in [0, 0.05) is 25.1 Å². The molecule has 3 aromatic rings. The van der Waals surface area contributed by atoms with Crippen LogP contribution in [-0.4, -0.2) is 67.1 Å². The number of amides is 2. The number of hydrogen-bond donors (Lipinski definition) is 1. The molecule has 0 bridgehead atoms. The SMILES string of the molecule is COCCOc1ccc(-c2ccc3nccc(C(=O)NCC(=O)N4CC(F)(F)CC4C#N)c3c2)cc1. The number of nitrogens with one attached hydrogen (secondary N) is 1. The van der Waals surface area contributed by atoms with Crippen LogP contribution < -0.4 is 10.1 Å². The molecule has 0 aliphatic carbocycles. The number of likely N-dealkylation sites (tertiary alicyclic amines) is 1. The monoisotopic (exact) mass is 494 g/mol. The third-order valence-corrected chi connectivity index (χ3v) is 5.87. The first-order valence-electron chi connectivity index (χ1n) is 11.3. The lowest BCUT2D eigenvalue weighted by Gasteiger charge is -2.19. The quantitative estimate of drug-likeness (QED) is 0.482. The fraction of sp³-hybridized carbons (Fsp3) is 0.308. The van der Waals surface area contributed by atoms with Crippen molar-refractivity contribution in [2.45, 2.75) is 18.4 Å². The number of benzene rings is 2. The normalized spacial score (nSPS) is 16.5. The maximum Gasteiger partial charge on any atom is 0.268 e. The van der Waals surface area contributed by atoms with Gasteiger partial charge in [0.05, 0.1) is 36.8 Å². The van der Waals surface area contributed by atoms with Crippen LogP contribution in [0.1, 0.15) is 16.8 Å². The minimum absolute atomic E-state index is 0.290. The van der Waals surface area contributed by atoms with Crippen molar-refractivity contribution >= 4 is 22.7 Å². The Morgan fingerprint density at radius 1 is 1.17 bits per heavy atom. The summed E-state index contributed by atoms with van der Waals surface area (Å²) in [6.07, 6.45) is 0.777. The van der Waals surface area contributed by atoms with E-state index in [1.54, 1.807) is 19.2 Å². The number of rotatable bonds is 8. The van der Waals surface area contributed by atoms with E-state index < -0.39 is 43.3 Å². The third kappa shape index (κ3) is 5.58. The Kier molecular flexibility index (Phi) is 7.41. The second-order valence-electron chi connectivity index (χ2n) is 8.37. The molecule has 186 valence electrons. The molecule has 2 heterocycles. The van der Waals surface area contributed by atoms with E-state index in [1.807, 2.05) is 36.4 Å². The van der Waals surface area contributed by atoms with Gasteiger partial charge in [-0.1, -0.05) is 18.2 Å². The highest BCUT2D eigenvalue weighted by Crippen LogP contribution is 2.32. The van der Waals surface area contributed by atoms with Crippen LogP contribution in [0.5, 0.6) is 5.75 Å². The molecule has 4 rings (SSSR count). The highest BCUT2D eigenvalue weighted by atomic mass is 19.3. The molecule has 2 aromatic carbocycles. The van der Waals surface area contributed by atoms with E-state index in [2.05, 4.69) is 10.3 Å². The molecule has 1 aromatic heterocycles. The second kappa shape index (κ2) is 10.7. The molecule has 2 amide bonds. The van der Waals surface area contributed by atoms with Crippen molar-refractivity contribution in [2.75, 3.05) is 33.4 Å². The molecule has 8 nitrogen and oxygen atoms in total. The molecule has 1 aliphatic heterocycles. The Labute approximate surface area is 206 Å². The number of carbonyl (C=O) groups excluding carboxylic acids is 2. The van der Waals surface area contributed by atoms with Gasteiger partial charge in [-0.15, -0.1) is 0 Å². The topological polar surface area (TPSA) is 105 Å². The van der Waals surface area contributed by atoms with E-state index in [-0.39, 0.29) is 5.56 Å². The van der Waals surface area contributed by atoms with Gasteiger partial charge in [0.1, 0.15) is 18.4 Å². The molecule has 10 heteroatoms. The summed E-state index contributed by atoms with van der Waals surface area (Å²) in [5.41, 5.74) is 2.62. The summed E-state index contributed by atoms with van der Waals surface area (Å²) in [6.45, 7) is -0.409. The predicted octanol–water partition coefficient (Wildman–Crippen LogP) is 3.42. The van der Waals surface area contributed by atoms with Crippen molar-refractivity contribution in [3.63, 3.8) is 0 Å². The zero-order valence-corrected chi connectivity index (χ0v) is 19.5. The predicted molar refractivity (Wildman–Crippen MR) is 128 cm³/mol. The summed E-state index contributed by atoms with van der Waals surface area (Å²) >= 11 is 0. The Hall–Kier alpha value is -4.10. The fourth-order valence-corrected chi connectivity index (χ4v) is 4.06. The zero-order valence-electron chi connectivity index (χ0n) is 19.5. The first kappa shape index (κ1) is 25.0. The van der Waals surface area contributed by atoms with Gasteiger partial charge < -0.3 is 19.7 Å². The fourth-order valence-electron chi connectivity index (χ4n) is 4.06. The summed E-state index contributed by atoms with van der Waals surface area (Å²) in [6, 6.07) is 15.0. The van der Waals surface area contributed by atoms with Crippen LogP contribution in [0.4, 0.5) is 8.78 Å². The summed E-state index contributed by atoms with van der Waals surface area (Å²) in [5, 5.41) is 12.2. The molecular weight excluding hydrogens is 470 g/mol. The lowest BCUT2D eigenvalue weighted by Crippen LogP contribution is -2.43. The van der Waals surface area contributed by atoms with Crippen molar-refractivity contribution in [3.8, 4) is 22.9 Å². The number of nitriles is 1. The molecule has 1 saturated heterocycles. The minimum atomic E-state index is -3.12. The van der Waals surface area contributed by atoms with E-state index >= 15 is 0 Å². The lowest BCUT2D eigenvalue weighted by atomic mass is 10.0. The number of hydrogen-bond acceptors (Lipinski definition) is 6. The molecule has 36 heavy (non-hydrogen) atoms. The number of halogens is 2. The Balaban J connectivity index is 1.49. The molecule has 1 atom stereocenters. The number of ether oxygens (including phenoxy) is 2. The number of fused-ring (bicyclic) bond motifs is 1. The van der Waals surface area contributed by atoms with E-state index in [0.717, 1.165) is 16.0 Å². The van der Waals surface area contributed by atoms with Gasteiger partial charge in [-0.2, -0.15) is 5.26 Å². The molecule has 1 fully saturated rings. The molecule has 1 unspecified atom stereocenters. The van der Waals surface area contributed by atoms with Gasteiger partial charge in [-0.05, 0) is 41.5 Å². The standard InChI is InChI=1S/C26H24F2N4O4/c1-35-10-11-36-20-5-2-17(3-6-20)18-4-7-23-22(12-18)21(8-9-30-23)25(34)31-15-24(33)32-16-26(27,28)13-19(32)14-29/h2-9,12,19H,10-11,13,15-16H2,1H3,(H,31,34). The molecule has 0 saturated carbocycles. The smallest absolute Gasteiger partial charge is 0.268 e. The average molecular weight is 494 g/mol. The molecule has 0 radical (unpaired) electrons. The molecule has 1 N–H and O–H groups in total. The Morgan fingerprint density at radius 3 is 2.64 bits per heavy atom. The first-order valence-corrected chi connectivity index (χ1v) is 11.3. The Bertz CT molecular complexity index is 1310. The van der Waals surface area contributed by atoms with E-state index in [4.69, 9.17) is 14.7 Å². The summed E-state index contributed by atoms with van der Waals surface area (Å²) in [5.74, 6) is -3.70. The van der Waals surface area contributed by atoms with Crippen LogP contribution in [0, 0.1) is 11.3 Å². The molecule has 1 aliphatic rings. The average Bonchev–Trinajstić information content (AvgIpc) is 3.21. The largest absolute Gasteiger partial charge is 0.491 e. The number of nitrogens with zero attached hydrogens (tertiary/aromatic N) is 3. The van der Waals surface area contributed by atoms with Gasteiger partial charge in [0.15, 0.2) is 0 Å². The summed E-state index contributed by atoms with van der Waals surface area (Å²) < 4.78 is 37.9. The maximum atomic E-state index is 13.6. The number of methoxy groups -OCH3 is 1. The minimum Gasteiger partial charge on any atom is -0.491 e. The van der Waals surface area contributed by atoms with Gasteiger partial charge in [0.2, 0.25) is 5.91 Å². The van der Waals surface area contributed by atoms with Gasteiger partial charge >= 0.3 is 0 Å². The van der Waals surface area contributed by atoms with Crippen molar-refractivity contribution in [3.05, 3.63) is 60.3 Å². The van der Waals surface area contributed by atoms with E-state index in [9.17, 15) is 18.4 Å². The highest BCUT2D eigenvalue weighted by Gasteiger charge is 2.47. The van der Waals surface area contributed by atoms with Crippen molar-refractivity contribution in [1.29, 1.82) is 5.26 Å². The van der Waals surface area contributed by atoms with E-state index in [0.29, 0.717) is 29.9 Å². The van der Waals surface area contributed by atoms with Gasteiger partial charge in [-0.3, -0.25) is 14.6 Å². The summed E-state index contributed by atoms with van der Waals surface area (Å²) in [4.78, 5) is 30.5. The number of pyridine rings is 1. The van der Waals surface area contributed by atoms with Crippen LogP contribution in [0.2, 0.25) is 0 Å². The third-order valence-electron chi connectivity index (χ3n) is 5.87. The second-order valence-corrected chi connectivity index (χ2v) is 8.37. The van der Waals surface area contributed by atoms with Crippen LogP contribution in [0.25, 0.3) is 22.0 Å². The van der Waals surface area contributed by atoms with Crippen LogP contribution in [0.3, 0.4) is 0 Å². The molecule has 0 spiro atoms. The number of aromatic nitrogens is 1. The number of alkyl halides is 2. The zero-order chi connectivity index (χ0) is 25.7. The first-order chi connectivity index (χ1) is 17.3. The highest BCUT2D eigenvalue weighted by molar-refractivity contribution is 6.07. The summed E-state index contributed by atoms with van der Waals surface area (Å²) in [7, 11) is 1.60. The van der Waals surface area contributed by atoms with Gasteiger partial charge in [0.25, 0.3) is 11.8 Å². The van der Waals surface area contributed by atoms with E-state index in [1.165, 1.54) is 12.3 Å². The van der Waals surface area contributed by atoms with Crippen molar-refractivity contribution in [2.24, 2.45) is 0 Å². The van der Waals surface area contributed by atoms with Gasteiger partial charge in [-0.25, -0.2) is 8.78 Å². The molecular formula is C26H24F2N4O4. The van der Waals surface area contributed by atoms with Crippen LogP contribution in [-0.2, 0) is 9.53 Å². The van der Waals surface area contributed by atoms with Crippen molar-refractivity contribution < 1.29 is 27.8 Å². The van der Waals surface area contributed by atoms with Crippen LogP contribution >= 0.6 is 0 Å². The lowest BCUT2D eigenvalue weighted by molar-refractivity contribution is -0.131. The van der Waals surface area contributed by atoms with Crippen LogP contribution in [0.15, 0.2) is 54.7 Å².